The van der Waals surface area contributed by atoms with E-state index >= 15 is 0 Å². The minimum atomic E-state index is -4.14. The molecule has 0 bridgehead atoms. The number of carbonyl (C=O) groups is 2. The van der Waals surface area contributed by atoms with Gasteiger partial charge in [-0.3, -0.25) is 4.79 Å². The molecule has 2 N–H and O–H groups in total. The van der Waals surface area contributed by atoms with Gasteiger partial charge < -0.3 is 15.0 Å². The third-order valence-electron chi connectivity index (χ3n) is 4.23. The van der Waals surface area contributed by atoms with Crippen molar-refractivity contribution >= 4 is 21.9 Å². The number of ether oxygens (including phenoxy) is 1. The van der Waals surface area contributed by atoms with Gasteiger partial charge >= 0.3 is 5.97 Å². The van der Waals surface area contributed by atoms with Crippen LogP contribution in [0.4, 0.5) is 4.39 Å². The highest BCUT2D eigenvalue weighted by molar-refractivity contribution is 7.89. The number of rotatable bonds is 8. The molecule has 0 fully saturated rings. The number of aromatic amines is 1. The van der Waals surface area contributed by atoms with Crippen LogP contribution in [0.3, 0.4) is 0 Å². The van der Waals surface area contributed by atoms with E-state index in [0.717, 1.165) is 4.31 Å². The summed E-state index contributed by atoms with van der Waals surface area (Å²) in [6, 6.07) is 5.58. The highest BCUT2D eigenvalue weighted by atomic mass is 32.2. The number of halogens is 1. The Bertz CT molecular complexity index is 1000. The van der Waals surface area contributed by atoms with E-state index in [2.05, 4.69) is 10.3 Å². The molecule has 0 spiro atoms. The standard InChI is InChI=1S/C19H24FN3O5S/c1-5-28-19(25)17-12(2)22-13(3)18(17)29(26,27)23(4)11-16(24)21-10-14-6-8-15(20)9-7-14/h6-9,22H,5,10-11H2,1-4H3,(H,21,24). The molecule has 8 nitrogen and oxygen atoms in total. The minimum Gasteiger partial charge on any atom is -0.462 e. The van der Waals surface area contributed by atoms with Crippen molar-refractivity contribution < 1.29 is 27.1 Å². The number of carbonyl (C=O) groups excluding carboxylic acids is 2. The average Bonchev–Trinajstić information content (AvgIpc) is 2.96. The molecule has 2 rings (SSSR count). The number of hydrogen-bond donors (Lipinski definition) is 2. The van der Waals surface area contributed by atoms with Gasteiger partial charge in [0.15, 0.2) is 0 Å². The molecule has 1 aromatic heterocycles. The Morgan fingerprint density at radius 2 is 1.79 bits per heavy atom. The molecule has 0 radical (unpaired) electrons. The zero-order valence-electron chi connectivity index (χ0n) is 16.7. The minimum absolute atomic E-state index is 0.0667. The third kappa shape index (κ3) is 5.21. The van der Waals surface area contributed by atoms with Gasteiger partial charge in [0.25, 0.3) is 0 Å². The second-order valence-electron chi connectivity index (χ2n) is 6.46. The molecule has 1 heterocycles. The van der Waals surface area contributed by atoms with Gasteiger partial charge in [-0.2, -0.15) is 4.31 Å². The largest absolute Gasteiger partial charge is 0.462 e. The molecular formula is C19H24FN3O5S. The zero-order valence-corrected chi connectivity index (χ0v) is 17.5. The van der Waals surface area contributed by atoms with Crippen LogP contribution in [0.2, 0.25) is 0 Å². The molecule has 0 aliphatic rings. The molecule has 0 aliphatic heterocycles. The SMILES string of the molecule is CCOC(=O)c1c(C)[nH]c(C)c1S(=O)(=O)N(C)CC(=O)NCc1ccc(F)cc1. The van der Waals surface area contributed by atoms with Crippen LogP contribution in [0.5, 0.6) is 0 Å². The maximum absolute atomic E-state index is 13.0. The van der Waals surface area contributed by atoms with Gasteiger partial charge in [0.2, 0.25) is 15.9 Å². The maximum atomic E-state index is 13.0. The first-order chi connectivity index (χ1) is 13.6. The number of aromatic nitrogens is 1. The molecule has 1 aromatic carbocycles. The predicted molar refractivity (Wildman–Crippen MR) is 104 cm³/mol. The van der Waals surface area contributed by atoms with Crippen LogP contribution in [0.25, 0.3) is 0 Å². The Balaban J connectivity index is 2.15. The van der Waals surface area contributed by atoms with Crippen molar-refractivity contribution in [3.8, 4) is 0 Å². The maximum Gasteiger partial charge on any atom is 0.341 e. The first-order valence-corrected chi connectivity index (χ1v) is 10.4. The fourth-order valence-corrected chi connectivity index (χ4v) is 4.36. The summed E-state index contributed by atoms with van der Waals surface area (Å²) in [5.74, 6) is -1.68. The summed E-state index contributed by atoms with van der Waals surface area (Å²) >= 11 is 0. The number of sulfonamides is 1. The second-order valence-corrected chi connectivity index (χ2v) is 8.45. The van der Waals surface area contributed by atoms with Crippen LogP contribution in [-0.2, 0) is 26.1 Å². The Kier molecular flexibility index (Phi) is 7.15. The molecule has 158 valence electrons. The van der Waals surface area contributed by atoms with Gasteiger partial charge in [0.1, 0.15) is 16.3 Å². The average molecular weight is 425 g/mol. The highest BCUT2D eigenvalue weighted by Crippen LogP contribution is 2.27. The number of H-pyrrole nitrogens is 1. The molecule has 0 saturated carbocycles. The van der Waals surface area contributed by atoms with Crippen molar-refractivity contribution in [1.29, 1.82) is 0 Å². The predicted octanol–water partition coefficient (Wildman–Crippen LogP) is 1.88. The molecule has 0 saturated heterocycles. The van der Waals surface area contributed by atoms with E-state index in [9.17, 15) is 22.4 Å². The Labute approximate surface area is 169 Å². The lowest BCUT2D eigenvalue weighted by Crippen LogP contribution is -2.38. The van der Waals surface area contributed by atoms with Crippen molar-refractivity contribution in [2.24, 2.45) is 0 Å². The van der Waals surface area contributed by atoms with Crippen molar-refractivity contribution in [3.63, 3.8) is 0 Å². The van der Waals surface area contributed by atoms with Gasteiger partial charge in [-0.15, -0.1) is 0 Å². The summed E-state index contributed by atoms with van der Waals surface area (Å²) in [5.41, 5.74) is 1.26. The smallest absolute Gasteiger partial charge is 0.341 e. The van der Waals surface area contributed by atoms with Gasteiger partial charge in [-0.1, -0.05) is 12.1 Å². The number of nitrogens with one attached hydrogen (secondary N) is 2. The zero-order chi connectivity index (χ0) is 21.8. The van der Waals surface area contributed by atoms with Crippen molar-refractivity contribution in [3.05, 3.63) is 52.6 Å². The summed E-state index contributed by atoms with van der Waals surface area (Å²) in [7, 11) is -2.88. The van der Waals surface area contributed by atoms with Crippen molar-refractivity contribution in [2.45, 2.75) is 32.2 Å². The third-order valence-corrected chi connectivity index (χ3v) is 6.21. The Hall–Kier alpha value is -2.72. The van der Waals surface area contributed by atoms with Gasteiger partial charge in [0.05, 0.1) is 13.2 Å². The molecule has 0 aliphatic carbocycles. The van der Waals surface area contributed by atoms with E-state index in [0.29, 0.717) is 11.3 Å². The fraction of sp³-hybridized carbons (Fsp3) is 0.368. The van der Waals surface area contributed by atoms with Gasteiger partial charge in [0, 0.05) is 25.0 Å². The first-order valence-electron chi connectivity index (χ1n) is 8.91. The lowest BCUT2D eigenvalue weighted by molar-refractivity contribution is -0.121. The first kappa shape index (κ1) is 22.6. The van der Waals surface area contributed by atoms with E-state index < -0.39 is 28.4 Å². The molecule has 10 heteroatoms. The Morgan fingerprint density at radius 3 is 2.38 bits per heavy atom. The van der Waals surface area contributed by atoms with Crippen LogP contribution in [0, 0.1) is 19.7 Å². The fourth-order valence-electron chi connectivity index (χ4n) is 2.83. The molecule has 2 aromatic rings. The quantitative estimate of drug-likeness (QED) is 0.628. The van der Waals surface area contributed by atoms with E-state index in [4.69, 9.17) is 4.74 Å². The lowest BCUT2D eigenvalue weighted by Gasteiger charge is -2.18. The van der Waals surface area contributed by atoms with Crippen LogP contribution in [0.1, 0.15) is 34.2 Å². The normalized spacial score (nSPS) is 11.5. The van der Waals surface area contributed by atoms with Crippen molar-refractivity contribution in [1.82, 2.24) is 14.6 Å². The van der Waals surface area contributed by atoms with Crippen molar-refractivity contribution in [2.75, 3.05) is 20.2 Å². The molecular weight excluding hydrogens is 401 g/mol. The molecule has 0 atom stereocenters. The second kappa shape index (κ2) is 9.19. The van der Waals surface area contributed by atoms with E-state index in [1.54, 1.807) is 13.8 Å². The van der Waals surface area contributed by atoms with E-state index in [1.807, 2.05) is 0 Å². The van der Waals surface area contributed by atoms with E-state index in [-0.39, 0.29) is 35.1 Å². The summed E-state index contributed by atoms with van der Waals surface area (Å²) in [6.45, 7) is 4.51. The number of esters is 1. The number of benzene rings is 1. The summed E-state index contributed by atoms with van der Waals surface area (Å²) < 4.78 is 44.8. The highest BCUT2D eigenvalue weighted by Gasteiger charge is 2.33. The van der Waals surface area contributed by atoms with Crippen LogP contribution in [-0.4, -0.2) is 49.8 Å². The summed E-state index contributed by atoms with van der Waals surface area (Å²) in [4.78, 5) is 27.1. The van der Waals surface area contributed by atoms with Crippen LogP contribution in [0.15, 0.2) is 29.2 Å². The molecule has 0 unspecified atom stereocenters. The number of hydrogen-bond acceptors (Lipinski definition) is 5. The van der Waals surface area contributed by atoms with Gasteiger partial charge in [-0.05, 0) is 38.5 Å². The monoisotopic (exact) mass is 425 g/mol. The topological polar surface area (TPSA) is 109 Å². The molecule has 1 amide bonds. The number of amides is 1. The number of nitrogens with zero attached hydrogens (tertiary/aromatic N) is 1. The van der Waals surface area contributed by atoms with Gasteiger partial charge in [-0.25, -0.2) is 17.6 Å². The summed E-state index contributed by atoms with van der Waals surface area (Å²) in [5, 5.41) is 2.58. The van der Waals surface area contributed by atoms with Crippen LogP contribution >= 0.6 is 0 Å². The van der Waals surface area contributed by atoms with Crippen LogP contribution < -0.4 is 5.32 Å². The Morgan fingerprint density at radius 1 is 1.17 bits per heavy atom. The van der Waals surface area contributed by atoms with E-state index in [1.165, 1.54) is 38.2 Å². The number of likely N-dealkylation sites (N-methyl/N-ethyl adjacent to an activating group) is 1. The number of aryl methyl sites for hydroxylation is 2. The molecule has 29 heavy (non-hydrogen) atoms. The lowest BCUT2D eigenvalue weighted by atomic mass is 10.2. The summed E-state index contributed by atoms with van der Waals surface area (Å²) in [6.07, 6.45) is 0.